The Labute approximate surface area is 124 Å². The lowest BCUT2D eigenvalue weighted by Gasteiger charge is -2.18. The van der Waals surface area contributed by atoms with E-state index in [9.17, 15) is 15.0 Å². The molecule has 1 aliphatic heterocycles. The quantitative estimate of drug-likeness (QED) is 0.590. The topological polar surface area (TPSA) is 138 Å². The van der Waals surface area contributed by atoms with E-state index in [4.69, 9.17) is 15.2 Å². The van der Waals surface area contributed by atoms with Gasteiger partial charge in [0, 0.05) is 14.2 Å². The minimum absolute atomic E-state index is 0.0220. The molecule has 0 spiro atoms. The zero-order valence-corrected chi connectivity index (χ0v) is 12.1. The summed E-state index contributed by atoms with van der Waals surface area (Å²) < 4.78 is 13.3. The Bertz CT molecular complexity index is 756. The van der Waals surface area contributed by atoms with Gasteiger partial charge in [-0.25, -0.2) is 4.98 Å². The molecule has 0 aromatic carbocycles. The van der Waals surface area contributed by atoms with Gasteiger partial charge in [0.15, 0.2) is 17.4 Å². The fraction of sp³-hybridized carbons (Fsp3) is 0.583. The maximum absolute atomic E-state index is 12.1. The molecule has 22 heavy (non-hydrogen) atoms. The van der Waals surface area contributed by atoms with Crippen molar-refractivity contribution in [3.8, 4) is 0 Å². The van der Waals surface area contributed by atoms with Gasteiger partial charge >= 0.3 is 0 Å². The molecule has 3 heterocycles. The Morgan fingerprint density at radius 1 is 1.55 bits per heavy atom. The van der Waals surface area contributed by atoms with Crippen molar-refractivity contribution in [1.29, 1.82) is 0 Å². The zero-order chi connectivity index (χ0) is 16.0. The highest BCUT2D eigenvalue weighted by molar-refractivity contribution is 5.71. The molecule has 0 radical (unpaired) electrons. The molecular weight excluding hydrogens is 294 g/mol. The largest absolute Gasteiger partial charge is 0.394 e. The number of nitrogens with zero attached hydrogens (tertiary/aromatic N) is 4. The Hall–Kier alpha value is -2.01. The summed E-state index contributed by atoms with van der Waals surface area (Å²) in [7, 11) is 2.91. The van der Waals surface area contributed by atoms with E-state index in [1.165, 1.54) is 29.6 Å². The van der Waals surface area contributed by atoms with Gasteiger partial charge in [-0.15, -0.1) is 0 Å². The summed E-state index contributed by atoms with van der Waals surface area (Å²) >= 11 is 0. The van der Waals surface area contributed by atoms with Crippen LogP contribution in [0.5, 0.6) is 0 Å². The number of hydrogen-bond acceptors (Lipinski definition) is 8. The third-order valence-corrected chi connectivity index (χ3v) is 3.87. The number of nitrogen functional groups attached to an aromatic ring is 1. The van der Waals surface area contributed by atoms with Crippen molar-refractivity contribution < 1.29 is 19.7 Å². The maximum Gasteiger partial charge on any atom is 0.282 e. The van der Waals surface area contributed by atoms with Crippen molar-refractivity contribution in [1.82, 2.24) is 19.1 Å². The van der Waals surface area contributed by atoms with Gasteiger partial charge in [0.2, 0.25) is 5.95 Å². The van der Waals surface area contributed by atoms with E-state index in [-0.39, 0.29) is 23.7 Å². The third-order valence-electron chi connectivity index (χ3n) is 3.87. The molecule has 4 atom stereocenters. The van der Waals surface area contributed by atoms with Crippen molar-refractivity contribution in [2.45, 2.75) is 24.5 Å². The molecule has 10 nitrogen and oxygen atoms in total. The van der Waals surface area contributed by atoms with Crippen molar-refractivity contribution in [2.75, 3.05) is 19.5 Å². The van der Waals surface area contributed by atoms with E-state index in [1.54, 1.807) is 0 Å². The average Bonchev–Trinajstić information content (AvgIpc) is 3.05. The molecule has 0 saturated carbocycles. The molecule has 10 heteroatoms. The van der Waals surface area contributed by atoms with Crippen molar-refractivity contribution in [3.63, 3.8) is 0 Å². The minimum atomic E-state index is -1.05. The van der Waals surface area contributed by atoms with Crippen LogP contribution >= 0.6 is 0 Å². The number of methoxy groups -OCH3 is 1. The molecule has 0 amide bonds. The van der Waals surface area contributed by atoms with E-state index < -0.39 is 30.1 Å². The number of aromatic nitrogens is 4. The number of anilines is 1. The third kappa shape index (κ3) is 2.00. The minimum Gasteiger partial charge on any atom is -0.394 e. The van der Waals surface area contributed by atoms with Crippen LogP contribution in [0.15, 0.2) is 11.1 Å². The molecule has 0 bridgehead atoms. The molecule has 120 valence electrons. The molecule has 1 aliphatic rings. The first-order valence-corrected chi connectivity index (χ1v) is 6.65. The summed E-state index contributed by atoms with van der Waals surface area (Å²) in [6.45, 7) is -0.309. The Kier molecular flexibility index (Phi) is 3.60. The van der Waals surface area contributed by atoms with Gasteiger partial charge < -0.3 is 25.4 Å². The highest BCUT2D eigenvalue weighted by Gasteiger charge is 2.45. The smallest absolute Gasteiger partial charge is 0.282 e. The Morgan fingerprint density at radius 2 is 2.27 bits per heavy atom. The molecule has 0 aliphatic carbocycles. The second-order valence-electron chi connectivity index (χ2n) is 5.10. The lowest BCUT2D eigenvalue weighted by atomic mass is 10.1. The molecule has 2 aromatic heterocycles. The zero-order valence-electron chi connectivity index (χ0n) is 12.1. The second kappa shape index (κ2) is 5.32. The summed E-state index contributed by atoms with van der Waals surface area (Å²) in [6.07, 6.45) is -1.97. The first-order chi connectivity index (χ1) is 10.5. The van der Waals surface area contributed by atoms with Crippen LogP contribution in [0.25, 0.3) is 11.2 Å². The standard InChI is InChI=1S/C12H17N5O5/c1-16-10(20)6-9(15-12(16)13)17(4-14-6)11-7(19)8(21-2)5(3-18)22-11/h4-5,7-8,11,18-19H,3H2,1-2H3,(H2,13,15)/t5-,7-,8-,11-/m1/s1. The van der Waals surface area contributed by atoms with Crippen LogP contribution in [0.2, 0.25) is 0 Å². The van der Waals surface area contributed by atoms with Gasteiger partial charge in [0.1, 0.15) is 18.3 Å². The first-order valence-electron chi connectivity index (χ1n) is 6.65. The van der Waals surface area contributed by atoms with Crippen molar-refractivity contribution >= 4 is 17.1 Å². The van der Waals surface area contributed by atoms with Gasteiger partial charge in [-0.05, 0) is 0 Å². The highest BCUT2D eigenvalue weighted by atomic mass is 16.6. The van der Waals surface area contributed by atoms with Crippen molar-refractivity contribution in [3.05, 3.63) is 16.7 Å². The van der Waals surface area contributed by atoms with E-state index in [0.29, 0.717) is 0 Å². The number of nitrogens with two attached hydrogens (primary N) is 1. The van der Waals surface area contributed by atoms with Crippen LogP contribution in [0.1, 0.15) is 6.23 Å². The predicted octanol–water partition coefficient (Wildman–Crippen LogP) is -2.02. The van der Waals surface area contributed by atoms with E-state index in [0.717, 1.165) is 0 Å². The van der Waals surface area contributed by atoms with Gasteiger partial charge in [-0.3, -0.25) is 13.9 Å². The molecule has 0 unspecified atom stereocenters. The second-order valence-corrected chi connectivity index (χ2v) is 5.10. The van der Waals surface area contributed by atoms with E-state index in [2.05, 4.69) is 9.97 Å². The number of aliphatic hydroxyl groups is 2. The average molecular weight is 311 g/mol. The van der Waals surface area contributed by atoms with Crippen molar-refractivity contribution in [2.24, 2.45) is 7.05 Å². The normalized spacial score (nSPS) is 28.5. The van der Waals surface area contributed by atoms with Crippen LogP contribution in [0.4, 0.5) is 5.95 Å². The number of aliphatic hydroxyl groups excluding tert-OH is 2. The van der Waals surface area contributed by atoms with Gasteiger partial charge in [0.25, 0.3) is 5.56 Å². The summed E-state index contributed by atoms with van der Waals surface area (Å²) in [5, 5.41) is 19.6. The number of imidazole rings is 1. The highest BCUT2D eigenvalue weighted by Crippen LogP contribution is 2.32. The maximum atomic E-state index is 12.1. The van der Waals surface area contributed by atoms with Gasteiger partial charge in [0.05, 0.1) is 12.9 Å². The number of ether oxygens (including phenoxy) is 2. The molecule has 1 fully saturated rings. The van der Waals surface area contributed by atoms with Crippen LogP contribution in [0, 0.1) is 0 Å². The molecule has 4 N–H and O–H groups in total. The molecule has 3 rings (SSSR count). The van der Waals surface area contributed by atoms with Crippen LogP contribution < -0.4 is 11.3 Å². The summed E-state index contributed by atoms with van der Waals surface area (Å²) in [4.78, 5) is 20.2. The molecular formula is C12H17N5O5. The lowest BCUT2D eigenvalue weighted by molar-refractivity contribution is -0.0535. The monoisotopic (exact) mass is 311 g/mol. The van der Waals surface area contributed by atoms with Crippen LogP contribution in [-0.4, -0.2) is 61.3 Å². The number of hydrogen-bond donors (Lipinski definition) is 3. The molecule has 2 aromatic rings. The van der Waals surface area contributed by atoms with Crippen LogP contribution in [-0.2, 0) is 16.5 Å². The first kappa shape index (κ1) is 14.9. The lowest BCUT2D eigenvalue weighted by Crippen LogP contribution is -2.35. The number of rotatable bonds is 3. The van der Waals surface area contributed by atoms with E-state index in [1.807, 2.05) is 0 Å². The number of fused-ring (bicyclic) bond motifs is 1. The van der Waals surface area contributed by atoms with E-state index >= 15 is 0 Å². The Balaban J connectivity index is 2.10. The fourth-order valence-corrected chi connectivity index (χ4v) is 2.64. The summed E-state index contributed by atoms with van der Waals surface area (Å²) in [6, 6.07) is 0. The Morgan fingerprint density at radius 3 is 2.86 bits per heavy atom. The van der Waals surface area contributed by atoms with Crippen LogP contribution in [0.3, 0.4) is 0 Å². The van der Waals surface area contributed by atoms with Gasteiger partial charge in [-0.2, -0.15) is 4.98 Å². The SMILES string of the molecule is CO[C@H]1[C@@H](O)[C@H](n2cnc3c(=O)n(C)c(N)nc32)O[C@@H]1CO. The summed E-state index contributed by atoms with van der Waals surface area (Å²) in [5.74, 6) is 0.0220. The molecule has 1 saturated heterocycles. The fourth-order valence-electron chi connectivity index (χ4n) is 2.64. The predicted molar refractivity (Wildman–Crippen MR) is 75.0 cm³/mol. The van der Waals surface area contributed by atoms with Gasteiger partial charge in [-0.1, -0.05) is 0 Å². The summed E-state index contributed by atoms with van der Waals surface area (Å²) in [5.41, 5.74) is 5.63.